The van der Waals surface area contributed by atoms with Gasteiger partial charge in [-0.3, -0.25) is 24.1 Å². The molecular weight excluding hydrogens is 670 g/mol. The van der Waals surface area contributed by atoms with Crippen LogP contribution in [0, 0.1) is 53.8 Å². The number of carbonyl (C=O) groups excluding carboxylic acids is 4. The number of hydrogen-bond donors (Lipinski definition) is 1. The third-order valence-corrected chi connectivity index (χ3v) is 12.2. The number of amides is 4. The van der Waals surface area contributed by atoms with Gasteiger partial charge < -0.3 is 5.11 Å². The molecule has 5 aliphatic rings. The summed E-state index contributed by atoms with van der Waals surface area (Å²) in [6.07, 6.45) is 5.00. The molecule has 47 heavy (non-hydrogen) atoms. The standard InChI is InChI=1S/C33H27Cl2F5N2O5/c1-13-6-5-9-17(27(13)43)20-15-10-11-16-19(29(45)41(28(16)44)14-7-3-2-4-8-14)18(15)12-32(34)30(46)42(31(47)33(20,32)35)26-24(39)22(37)21(36)23(38)25(26)40/h5-6,9-10,14,16,18-20,43H,2-4,7-8,11-12H2,1H3. The van der Waals surface area contributed by atoms with E-state index in [0.717, 1.165) is 19.3 Å². The zero-order chi connectivity index (χ0) is 33.9. The smallest absolute Gasteiger partial charge is 0.258 e. The Morgan fingerprint density at radius 3 is 2.09 bits per heavy atom. The molecule has 4 fully saturated rings. The Balaban J connectivity index is 1.43. The zero-order valence-electron chi connectivity index (χ0n) is 24.8. The number of fused-ring (bicyclic) bond motifs is 4. The van der Waals surface area contributed by atoms with Crippen LogP contribution in [0.15, 0.2) is 29.8 Å². The summed E-state index contributed by atoms with van der Waals surface area (Å²) < 4.78 is 73.1. The summed E-state index contributed by atoms with van der Waals surface area (Å²) in [4.78, 5) is 52.2. The topological polar surface area (TPSA) is 95.0 Å². The third-order valence-electron chi connectivity index (χ3n) is 10.8. The van der Waals surface area contributed by atoms with Crippen molar-refractivity contribution in [1.82, 2.24) is 4.90 Å². The number of imide groups is 2. The minimum Gasteiger partial charge on any atom is -0.507 e. The van der Waals surface area contributed by atoms with Gasteiger partial charge in [0.05, 0.1) is 11.8 Å². The largest absolute Gasteiger partial charge is 0.507 e. The molecule has 7 rings (SSSR count). The molecule has 0 spiro atoms. The fourth-order valence-corrected chi connectivity index (χ4v) is 9.48. The molecule has 7 nitrogen and oxygen atoms in total. The fraction of sp³-hybridized carbons (Fsp3) is 0.455. The number of aromatic hydroxyl groups is 1. The first-order chi connectivity index (χ1) is 22.2. The van der Waals surface area contributed by atoms with Crippen LogP contribution >= 0.6 is 23.2 Å². The van der Waals surface area contributed by atoms with E-state index in [2.05, 4.69) is 0 Å². The molecule has 1 N–H and O–H groups in total. The summed E-state index contributed by atoms with van der Waals surface area (Å²) >= 11 is 14.2. The molecule has 0 bridgehead atoms. The van der Waals surface area contributed by atoms with Crippen LogP contribution in [-0.4, -0.2) is 49.4 Å². The van der Waals surface area contributed by atoms with Crippen molar-refractivity contribution >= 4 is 52.5 Å². The Labute approximate surface area is 275 Å². The first kappa shape index (κ1) is 32.1. The van der Waals surface area contributed by atoms with Crippen molar-refractivity contribution in [3.63, 3.8) is 0 Å². The van der Waals surface area contributed by atoms with Crippen LogP contribution in [0.5, 0.6) is 5.75 Å². The molecule has 2 heterocycles. The first-order valence-electron chi connectivity index (χ1n) is 15.3. The molecule has 14 heteroatoms. The van der Waals surface area contributed by atoms with Crippen LogP contribution in [0.4, 0.5) is 27.6 Å². The number of phenolic OH excluding ortho intramolecular Hbond substituents is 1. The minimum atomic E-state index is -2.68. The van der Waals surface area contributed by atoms with Crippen LogP contribution in [0.2, 0.25) is 0 Å². The van der Waals surface area contributed by atoms with Gasteiger partial charge in [-0.15, -0.1) is 23.2 Å². The lowest BCUT2D eigenvalue weighted by Crippen LogP contribution is -2.60. The van der Waals surface area contributed by atoms with E-state index in [1.807, 2.05) is 0 Å². The molecule has 0 radical (unpaired) electrons. The van der Waals surface area contributed by atoms with Gasteiger partial charge in [-0.2, -0.15) is 0 Å². The van der Waals surface area contributed by atoms with E-state index in [9.17, 15) is 37.5 Å². The maximum Gasteiger partial charge on any atom is 0.258 e. The van der Waals surface area contributed by atoms with E-state index in [1.165, 1.54) is 17.0 Å². The summed E-state index contributed by atoms with van der Waals surface area (Å²) in [6, 6.07) is 4.16. The maximum absolute atomic E-state index is 15.2. The van der Waals surface area contributed by atoms with Crippen molar-refractivity contribution in [2.24, 2.45) is 17.8 Å². The number of nitrogens with zero attached hydrogens (tertiary/aromatic N) is 2. The van der Waals surface area contributed by atoms with Gasteiger partial charge in [0.25, 0.3) is 11.8 Å². The Kier molecular flexibility index (Phi) is 7.33. The molecule has 2 aromatic rings. The molecule has 6 unspecified atom stereocenters. The monoisotopic (exact) mass is 696 g/mol. The molecule has 2 aliphatic heterocycles. The number of anilines is 1. The normalized spacial score (nSPS) is 32.5. The van der Waals surface area contributed by atoms with E-state index in [1.54, 1.807) is 19.1 Å². The second kappa shape index (κ2) is 10.7. The SMILES string of the molecule is Cc1cccc(C2C3=CCC4C(=O)N(C5CCCCC5)C(=O)C4C3CC3(Cl)C(=O)N(c4c(F)c(F)c(F)c(F)c4F)C(=O)C23Cl)c1O. The Morgan fingerprint density at radius 1 is 0.830 bits per heavy atom. The molecule has 2 aromatic carbocycles. The number of rotatable bonds is 3. The van der Waals surface area contributed by atoms with Crippen molar-refractivity contribution in [1.29, 1.82) is 0 Å². The van der Waals surface area contributed by atoms with Crippen molar-refractivity contribution < 1.29 is 46.2 Å². The second-order valence-corrected chi connectivity index (χ2v) is 14.3. The highest BCUT2D eigenvalue weighted by atomic mass is 35.5. The van der Waals surface area contributed by atoms with Gasteiger partial charge in [-0.25, -0.2) is 26.9 Å². The van der Waals surface area contributed by atoms with E-state index in [-0.39, 0.29) is 34.6 Å². The molecule has 248 valence electrons. The van der Waals surface area contributed by atoms with Crippen LogP contribution in [0.3, 0.4) is 0 Å². The number of hydrogen-bond acceptors (Lipinski definition) is 5. The number of para-hydroxylation sites is 1. The average Bonchev–Trinajstić information content (AvgIpc) is 3.39. The number of halogens is 7. The highest BCUT2D eigenvalue weighted by Gasteiger charge is 2.77. The van der Waals surface area contributed by atoms with Gasteiger partial charge in [-0.1, -0.05) is 49.1 Å². The summed E-state index contributed by atoms with van der Waals surface area (Å²) in [7, 11) is 0. The number of benzene rings is 2. The van der Waals surface area contributed by atoms with E-state index < -0.39 is 92.3 Å². The zero-order valence-corrected chi connectivity index (χ0v) is 26.3. The summed E-state index contributed by atoms with van der Waals surface area (Å²) in [5.74, 6) is -20.9. The lowest BCUT2D eigenvalue weighted by Gasteiger charge is -2.50. The Hall–Kier alpha value is -3.51. The average molecular weight is 697 g/mol. The van der Waals surface area contributed by atoms with Gasteiger partial charge in [0.2, 0.25) is 17.6 Å². The number of likely N-dealkylation sites (tertiary alicyclic amines) is 1. The van der Waals surface area contributed by atoms with Crippen LogP contribution < -0.4 is 4.90 Å². The highest BCUT2D eigenvalue weighted by Crippen LogP contribution is 2.67. The molecule has 4 amide bonds. The molecular formula is C33H27Cl2F5N2O5. The number of alkyl halides is 2. The summed E-state index contributed by atoms with van der Waals surface area (Å²) in [6.45, 7) is 1.54. The molecule has 2 saturated heterocycles. The van der Waals surface area contributed by atoms with Crippen LogP contribution in [0.25, 0.3) is 0 Å². The minimum absolute atomic E-state index is 0.0132. The van der Waals surface area contributed by atoms with Crippen LogP contribution in [-0.2, 0) is 19.2 Å². The van der Waals surface area contributed by atoms with E-state index in [4.69, 9.17) is 23.2 Å². The van der Waals surface area contributed by atoms with Crippen LogP contribution in [0.1, 0.15) is 62.0 Å². The maximum atomic E-state index is 15.2. The second-order valence-electron chi connectivity index (χ2n) is 13.0. The molecule has 6 atom stereocenters. The summed E-state index contributed by atoms with van der Waals surface area (Å²) in [5.41, 5.74) is -1.24. The predicted octanol–water partition coefficient (Wildman–Crippen LogP) is 6.29. The fourth-order valence-electron chi connectivity index (χ4n) is 8.55. The number of aryl methyl sites for hydroxylation is 1. The lowest BCUT2D eigenvalue weighted by atomic mass is 9.56. The first-order valence-corrected chi connectivity index (χ1v) is 16.1. The van der Waals surface area contributed by atoms with Crippen molar-refractivity contribution in [2.75, 3.05) is 4.90 Å². The van der Waals surface area contributed by atoms with Gasteiger partial charge in [-0.05, 0) is 44.1 Å². The molecule has 2 saturated carbocycles. The Bertz CT molecular complexity index is 1800. The van der Waals surface area contributed by atoms with Gasteiger partial charge in [0.15, 0.2) is 33.0 Å². The van der Waals surface area contributed by atoms with Crippen molar-refractivity contribution in [3.8, 4) is 5.75 Å². The van der Waals surface area contributed by atoms with Crippen molar-refractivity contribution in [2.45, 2.75) is 73.6 Å². The predicted molar refractivity (Wildman–Crippen MR) is 158 cm³/mol. The quantitative estimate of drug-likeness (QED) is 0.102. The number of allylic oxidation sites excluding steroid dienone is 2. The molecule has 3 aliphatic carbocycles. The summed E-state index contributed by atoms with van der Waals surface area (Å²) in [5, 5.41) is 11.2. The van der Waals surface area contributed by atoms with Crippen molar-refractivity contribution in [3.05, 3.63) is 70.1 Å². The van der Waals surface area contributed by atoms with E-state index in [0.29, 0.717) is 24.0 Å². The highest BCUT2D eigenvalue weighted by molar-refractivity contribution is 6.58. The molecule has 0 aromatic heterocycles. The Morgan fingerprint density at radius 2 is 1.45 bits per heavy atom. The third kappa shape index (κ3) is 4.03. The van der Waals surface area contributed by atoms with E-state index >= 15 is 8.78 Å². The van der Waals surface area contributed by atoms with Gasteiger partial charge in [0, 0.05) is 17.5 Å². The van der Waals surface area contributed by atoms with Gasteiger partial charge in [0.1, 0.15) is 11.4 Å². The number of carbonyl (C=O) groups is 4. The van der Waals surface area contributed by atoms with Gasteiger partial charge >= 0.3 is 0 Å². The lowest BCUT2D eigenvalue weighted by molar-refractivity contribution is -0.143. The number of phenols is 1.